The number of nitrogens with one attached hydrogen (secondary N) is 2. The van der Waals surface area contributed by atoms with Crippen LogP contribution in [-0.2, 0) is 0 Å². The molecule has 0 atom stereocenters. The Morgan fingerprint density at radius 2 is 2.00 bits per heavy atom. The Bertz CT molecular complexity index is 625. The Balaban J connectivity index is 1.70. The predicted octanol–water partition coefficient (Wildman–Crippen LogP) is 2.01. The quantitative estimate of drug-likeness (QED) is 0.791. The van der Waals surface area contributed by atoms with Gasteiger partial charge in [0.15, 0.2) is 0 Å². The van der Waals surface area contributed by atoms with Gasteiger partial charge in [-0.25, -0.2) is 5.12 Å². The van der Waals surface area contributed by atoms with Gasteiger partial charge < -0.3 is 5.73 Å². The summed E-state index contributed by atoms with van der Waals surface area (Å²) in [5.41, 5.74) is 15.5. The first-order valence-electron chi connectivity index (χ1n) is 6.29. The molecule has 0 amide bonds. The molecule has 2 heterocycles. The molecule has 0 bridgehead atoms. The molecule has 1 aromatic carbocycles. The van der Waals surface area contributed by atoms with E-state index < -0.39 is 0 Å². The number of rotatable bonds is 3. The van der Waals surface area contributed by atoms with Crippen LogP contribution in [-0.4, -0.2) is 10.1 Å². The van der Waals surface area contributed by atoms with Gasteiger partial charge in [0.1, 0.15) is 0 Å². The van der Waals surface area contributed by atoms with Crippen molar-refractivity contribution in [2.24, 2.45) is 0 Å². The van der Waals surface area contributed by atoms with Crippen LogP contribution in [0.15, 0.2) is 55.0 Å². The van der Waals surface area contributed by atoms with Crippen LogP contribution in [0.3, 0.4) is 0 Å². The van der Waals surface area contributed by atoms with E-state index in [4.69, 9.17) is 5.73 Å². The lowest BCUT2D eigenvalue weighted by molar-refractivity contribution is 0.353. The molecule has 0 fully saturated rings. The van der Waals surface area contributed by atoms with Gasteiger partial charge >= 0.3 is 0 Å². The Kier molecular flexibility index (Phi) is 3.14. The van der Waals surface area contributed by atoms with Gasteiger partial charge in [-0.2, -0.15) is 0 Å². The van der Waals surface area contributed by atoms with E-state index in [1.165, 1.54) is 0 Å². The molecule has 0 aliphatic carbocycles. The largest absolute Gasteiger partial charge is 0.397 e. The first kappa shape index (κ1) is 12.3. The lowest BCUT2D eigenvalue weighted by atomic mass is 10.3. The van der Waals surface area contributed by atoms with Gasteiger partial charge in [0.05, 0.1) is 35.2 Å². The number of anilines is 3. The minimum Gasteiger partial charge on any atom is -0.397 e. The van der Waals surface area contributed by atoms with Crippen LogP contribution >= 0.6 is 0 Å². The van der Waals surface area contributed by atoms with Gasteiger partial charge in [-0.3, -0.25) is 15.4 Å². The number of aryl methyl sites for hydroxylation is 1. The average molecular weight is 268 g/mol. The van der Waals surface area contributed by atoms with Crippen molar-refractivity contribution in [1.82, 2.24) is 15.6 Å². The SMILES string of the molecule is Cc1ncc(N)cc1NN1C=CN(c2ccccc2)N1. The summed E-state index contributed by atoms with van der Waals surface area (Å²) < 4.78 is 0. The summed E-state index contributed by atoms with van der Waals surface area (Å²) in [5, 5.41) is 3.65. The third-order valence-electron chi connectivity index (χ3n) is 2.96. The average Bonchev–Trinajstić information content (AvgIpc) is 2.92. The molecule has 6 nitrogen and oxygen atoms in total. The molecule has 0 spiro atoms. The Hall–Kier alpha value is -2.73. The van der Waals surface area contributed by atoms with Crippen LogP contribution in [0, 0.1) is 6.92 Å². The molecule has 0 saturated carbocycles. The highest BCUT2D eigenvalue weighted by Crippen LogP contribution is 2.19. The highest BCUT2D eigenvalue weighted by molar-refractivity contribution is 5.56. The molecule has 1 aromatic heterocycles. The fourth-order valence-corrected chi connectivity index (χ4v) is 1.90. The van der Waals surface area contributed by atoms with E-state index in [-0.39, 0.29) is 0 Å². The van der Waals surface area contributed by atoms with Crippen LogP contribution in [0.1, 0.15) is 5.69 Å². The monoisotopic (exact) mass is 268 g/mol. The Morgan fingerprint density at radius 1 is 1.20 bits per heavy atom. The number of pyridine rings is 1. The van der Waals surface area contributed by atoms with Crippen molar-refractivity contribution in [2.75, 3.05) is 16.2 Å². The van der Waals surface area contributed by atoms with E-state index in [9.17, 15) is 0 Å². The van der Waals surface area contributed by atoms with Gasteiger partial charge in [0.25, 0.3) is 0 Å². The van der Waals surface area contributed by atoms with E-state index in [2.05, 4.69) is 15.9 Å². The fourth-order valence-electron chi connectivity index (χ4n) is 1.90. The van der Waals surface area contributed by atoms with Crippen LogP contribution in [0.25, 0.3) is 0 Å². The van der Waals surface area contributed by atoms with E-state index in [0.717, 1.165) is 17.1 Å². The molecule has 1 aliphatic heterocycles. The zero-order chi connectivity index (χ0) is 13.9. The van der Waals surface area contributed by atoms with Crippen molar-refractivity contribution in [3.8, 4) is 0 Å². The molecular weight excluding hydrogens is 252 g/mol. The summed E-state index contributed by atoms with van der Waals surface area (Å²) in [5.74, 6) is 0. The van der Waals surface area contributed by atoms with Gasteiger partial charge in [0.2, 0.25) is 0 Å². The fraction of sp³-hybridized carbons (Fsp3) is 0.0714. The Morgan fingerprint density at radius 3 is 2.80 bits per heavy atom. The first-order valence-corrected chi connectivity index (χ1v) is 6.29. The van der Waals surface area contributed by atoms with Crippen molar-refractivity contribution in [3.63, 3.8) is 0 Å². The normalized spacial score (nSPS) is 13.8. The van der Waals surface area contributed by atoms with Gasteiger partial charge in [-0.15, -0.1) is 5.53 Å². The summed E-state index contributed by atoms with van der Waals surface area (Å²) in [6.45, 7) is 1.93. The third-order valence-corrected chi connectivity index (χ3v) is 2.96. The molecule has 0 radical (unpaired) electrons. The highest BCUT2D eigenvalue weighted by atomic mass is 15.9. The van der Waals surface area contributed by atoms with Crippen molar-refractivity contribution in [2.45, 2.75) is 6.92 Å². The molecule has 0 unspecified atom stereocenters. The first-order chi connectivity index (χ1) is 9.72. The van der Waals surface area contributed by atoms with Crippen molar-refractivity contribution in [1.29, 1.82) is 0 Å². The van der Waals surface area contributed by atoms with E-state index in [1.807, 2.05) is 60.7 Å². The van der Waals surface area contributed by atoms with Crippen molar-refractivity contribution >= 4 is 17.1 Å². The number of nitrogen functional groups attached to an aromatic ring is 1. The lowest BCUT2D eigenvalue weighted by Crippen LogP contribution is -2.42. The predicted molar refractivity (Wildman–Crippen MR) is 80.0 cm³/mol. The number of nitrogens with zero attached hydrogens (tertiary/aromatic N) is 3. The Labute approximate surface area is 117 Å². The molecular formula is C14H16N6. The second kappa shape index (κ2) is 5.10. The van der Waals surface area contributed by atoms with Crippen molar-refractivity contribution < 1.29 is 0 Å². The molecule has 1 aliphatic rings. The molecule has 3 rings (SSSR count). The molecule has 2 aromatic rings. The maximum Gasteiger partial charge on any atom is 0.0790 e. The lowest BCUT2D eigenvalue weighted by Gasteiger charge is -2.24. The van der Waals surface area contributed by atoms with E-state index >= 15 is 0 Å². The smallest absolute Gasteiger partial charge is 0.0790 e. The summed E-state index contributed by atoms with van der Waals surface area (Å²) in [7, 11) is 0. The molecule has 4 N–H and O–H groups in total. The maximum absolute atomic E-state index is 5.75. The van der Waals surface area contributed by atoms with Crippen LogP contribution in [0.4, 0.5) is 17.1 Å². The topological polar surface area (TPSA) is 69.5 Å². The minimum absolute atomic E-state index is 0.626. The number of hydrogen-bond acceptors (Lipinski definition) is 6. The molecule has 6 heteroatoms. The number of hydrazine groups is 3. The number of benzene rings is 1. The van der Waals surface area contributed by atoms with E-state index in [1.54, 1.807) is 11.3 Å². The second-order valence-electron chi connectivity index (χ2n) is 4.49. The summed E-state index contributed by atoms with van der Waals surface area (Å²) in [6.07, 6.45) is 5.46. The molecule has 102 valence electrons. The van der Waals surface area contributed by atoms with Crippen molar-refractivity contribution in [3.05, 3.63) is 60.7 Å². The number of nitrogens with two attached hydrogens (primary N) is 1. The zero-order valence-electron chi connectivity index (χ0n) is 11.1. The summed E-state index contributed by atoms with van der Waals surface area (Å²) in [6, 6.07) is 11.9. The molecule has 0 saturated heterocycles. The summed E-state index contributed by atoms with van der Waals surface area (Å²) >= 11 is 0. The number of aromatic nitrogens is 1. The van der Waals surface area contributed by atoms with Gasteiger partial charge in [-0.1, -0.05) is 18.2 Å². The van der Waals surface area contributed by atoms with Gasteiger partial charge in [0, 0.05) is 6.20 Å². The standard InChI is InChI=1S/C14H16N6/c1-11-14(9-12(15)10-16-11)17-20-8-7-19(18-20)13-5-3-2-4-6-13/h2-10,17-18H,15H2,1H3. The second-order valence-corrected chi connectivity index (χ2v) is 4.49. The van der Waals surface area contributed by atoms with Crippen LogP contribution in [0.2, 0.25) is 0 Å². The van der Waals surface area contributed by atoms with Crippen LogP contribution in [0.5, 0.6) is 0 Å². The van der Waals surface area contributed by atoms with Gasteiger partial charge in [-0.05, 0) is 25.1 Å². The minimum atomic E-state index is 0.626. The highest BCUT2D eigenvalue weighted by Gasteiger charge is 2.13. The zero-order valence-corrected chi connectivity index (χ0v) is 11.1. The molecule has 20 heavy (non-hydrogen) atoms. The number of hydrogen-bond donors (Lipinski definition) is 3. The van der Waals surface area contributed by atoms with E-state index in [0.29, 0.717) is 5.69 Å². The van der Waals surface area contributed by atoms with Crippen LogP contribution < -0.4 is 21.7 Å². The summed E-state index contributed by atoms with van der Waals surface area (Å²) in [4.78, 5) is 4.22. The number of para-hydroxylation sites is 1. The maximum atomic E-state index is 5.75. The third kappa shape index (κ3) is 2.50.